The fraction of sp³-hybridized carbons (Fsp3) is 0.217. The maximum atomic E-state index is 5.71. The number of hydrogen-bond acceptors (Lipinski definition) is 7. The van der Waals surface area contributed by atoms with Crippen molar-refractivity contribution in [1.82, 2.24) is 29.6 Å². The fourth-order valence-corrected chi connectivity index (χ4v) is 3.49. The lowest BCUT2D eigenvalue weighted by atomic mass is 10.0. The summed E-state index contributed by atoms with van der Waals surface area (Å²) in [4.78, 5) is 14.3. The van der Waals surface area contributed by atoms with Gasteiger partial charge < -0.3 is 11.5 Å². The third kappa shape index (κ3) is 4.70. The number of aryl methyl sites for hydroxylation is 2. The van der Waals surface area contributed by atoms with E-state index in [-0.39, 0.29) is 11.9 Å². The Bertz CT molecular complexity index is 1180. The van der Waals surface area contributed by atoms with Crippen LogP contribution in [0.1, 0.15) is 22.5 Å². The van der Waals surface area contributed by atoms with E-state index in [1.807, 2.05) is 42.1 Å². The monoisotopic (exact) mass is 414 g/mol. The van der Waals surface area contributed by atoms with Crippen LogP contribution in [0.3, 0.4) is 0 Å². The van der Waals surface area contributed by atoms with Crippen molar-refractivity contribution in [2.75, 3.05) is 18.5 Å². The summed E-state index contributed by atoms with van der Waals surface area (Å²) in [6.07, 6.45) is 2.08. The van der Waals surface area contributed by atoms with Gasteiger partial charge in [0.25, 0.3) is 0 Å². The lowest BCUT2D eigenvalue weighted by molar-refractivity contribution is 0.311. The maximum absolute atomic E-state index is 5.71. The van der Waals surface area contributed by atoms with Crippen molar-refractivity contribution in [3.8, 4) is 16.9 Å². The Kier molecular flexibility index (Phi) is 5.64. The molecule has 0 atom stereocenters. The van der Waals surface area contributed by atoms with E-state index >= 15 is 0 Å². The van der Waals surface area contributed by atoms with E-state index < -0.39 is 0 Å². The minimum absolute atomic E-state index is 0.128. The van der Waals surface area contributed by atoms with Crippen molar-refractivity contribution >= 4 is 11.9 Å². The van der Waals surface area contributed by atoms with Gasteiger partial charge in [-0.3, -0.25) is 4.90 Å². The Morgan fingerprint density at radius 1 is 0.871 bits per heavy atom. The van der Waals surface area contributed by atoms with Gasteiger partial charge in [-0.2, -0.15) is 20.1 Å². The predicted octanol–water partition coefficient (Wildman–Crippen LogP) is 3.14. The van der Waals surface area contributed by atoms with E-state index in [0.717, 1.165) is 22.5 Å². The third-order valence-corrected chi connectivity index (χ3v) is 5.16. The van der Waals surface area contributed by atoms with Crippen molar-refractivity contribution in [3.63, 3.8) is 0 Å². The topological polar surface area (TPSA) is 112 Å². The van der Waals surface area contributed by atoms with E-state index in [4.69, 9.17) is 16.6 Å². The van der Waals surface area contributed by atoms with Gasteiger partial charge >= 0.3 is 0 Å². The van der Waals surface area contributed by atoms with Gasteiger partial charge in [0.2, 0.25) is 11.9 Å². The molecule has 0 saturated carbocycles. The van der Waals surface area contributed by atoms with Gasteiger partial charge in [0.15, 0.2) is 0 Å². The van der Waals surface area contributed by atoms with Crippen LogP contribution in [0.25, 0.3) is 16.9 Å². The number of nitrogens with zero attached hydrogens (tertiary/aromatic N) is 6. The lowest BCUT2D eigenvalue weighted by Gasteiger charge is -2.16. The molecule has 2 aromatic heterocycles. The van der Waals surface area contributed by atoms with Crippen LogP contribution in [0.5, 0.6) is 0 Å². The molecule has 0 amide bonds. The van der Waals surface area contributed by atoms with Crippen LogP contribution in [-0.2, 0) is 13.1 Å². The molecular formula is C23H26N8. The lowest BCUT2D eigenvalue weighted by Crippen LogP contribution is -2.20. The summed E-state index contributed by atoms with van der Waals surface area (Å²) < 4.78 is 1.92. The van der Waals surface area contributed by atoms with E-state index in [1.165, 1.54) is 11.1 Å². The predicted molar refractivity (Wildman–Crippen MR) is 122 cm³/mol. The van der Waals surface area contributed by atoms with Gasteiger partial charge in [0.1, 0.15) is 5.82 Å². The zero-order chi connectivity index (χ0) is 22.0. The van der Waals surface area contributed by atoms with E-state index in [9.17, 15) is 0 Å². The Morgan fingerprint density at radius 3 is 2.26 bits per heavy atom. The molecule has 0 saturated heterocycles. The Labute approximate surface area is 181 Å². The molecule has 4 N–H and O–H groups in total. The quantitative estimate of drug-likeness (QED) is 0.498. The second-order valence-corrected chi connectivity index (χ2v) is 7.72. The Morgan fingerprint density at radius 2 is 1.58 bits per heavy atom. The zero-order valence-corrected chi connectivity index (χ0v) is 17.9. The highest BCUT2D eigenvalue weighted by Crippen LogP contribution is 2.27. The molecule has 0 aliphatic heterocycles. The van der Waals surface area contributed by atoms with Crippen LogP contribution in [0, 0.1) is 13.8 Å². The molecule has 158 valence electrons. The average Bonchev–Trinajstić information content (AvgIpc) is 3.13. The van der Waals surface area contributed by atoms with Crippen molar-refractivity contribution in [2.45, 2.75) is 26.9 Å². The third-order valence-electron chi connectivity index (χ3n) is 5.16. The number of nitrogens with two attached hydrogens (primary N) is 2. The molecule has 0 aliphatic rings. The molecule has 4 aromatic rings. The van der Waals surface area contributed by atoms with E-state index in [0.29, 0.717) is 18.9 Å². The largest absolute Gasteiger partial charge is 0.368 e. The molecule has 2 aromatic carbocycles. The summed E-state index contributed by atoms with van der Waals surface area (Å²) in [5.41, 5.74) is 18.1. The molecule has 0 spiro atoms. The first kappa shape index (κ1) is 20.5. The summed E-state index contributed by atoms with van der Waals surface area (Å²) >= 11 is 0. The molecule has 0 unspecified atom stereocenters. The van der Waals surface area contributed by atoms with Crippen molar-refractivity contribution in [3.05, 3.63) is 77.2 Å². The summed E-state index contributed by atoms with van der Waals surface area (Å²) in [7, 11) is 2.00. The number of nitrogen functional groups attached to an aromatic ring is 2. The SMILES string of the molecule is Cc1ccc(-c2nn(-c3ccccc3)cc2CN(C)Cc2nc(N)nc(N)n2)cc1C. The van der Waals surface area contributed by atoms with Gasteiger partial charge in [-0.25, -0.2) is 4.68 Å². The molecule has 0 radical (unpaired) electrons. The summed E-state index contributed by atoms with van der Waals surface area (Å²) in [5, 5.41) is 4.92. The minimum atomic E-state index is 0.128. The molecule has 2 heterocycles. The van der Waals surface area contributed by atoms with Gasteiger partial charge in [-0.05, 0) is 50.2 Å². The standard InChI is InChI=1S/C23H26N8/c1-15-9-10-17(11-16(15)2)21-18(13-31(29-21)19-7-5-4-6-8-19)12-30(3)14-20-26-22(24)28-23(25)27-20/h4-11,13H,12,14H2,1-3H3,(H4,24,25,26,27,28). The molecular weight excluding hydrogens is 388 g/mol. The average molecular weight is 415 g/mol. The molecule has 8 heteroatoms. The van der Waals surface area contributed by atoms with Crippen LogP contribution < -0.4 is 11.5 Å². The van der Waals surface area contributed by atoms with Gasteiger partial charge in [0.05, 0.1) is 17.9 Å². The number of anilines is 2. The molecule has 0 aliphatic carbocycles. The summed E-state index contributed by atoms with van der Waals surface area (Å²) in [5.74, 6) is 0.794. The van der Waals surface area contributed by atoms with E-state index in [2.05, 4.69) is 58.1 Å². The van der Waals surface area contributed by atoms with Gasteiger partial charge in [0, 0.05) is 23.9 Å². The Hall–Kier alpha value is -3.78. The summed E-state index contributed by atoms with van der Waals surface area (Å²) in [6, 6.07) is 16.5. The van der Waals surface area contributed by atoms with Crippen LogP contribution in [0.2, 0.25) is 0 Å². The van der Waals surface area contributed by atoms with Crippen LogP contribution in [0.4, 0.5) is 11.9 Å². The molecule has 0 bridgehead atoms. The smallest absolute Gasteiger partial charge is 0.225 e. The highest BCUT2D eigenvalue weighted by atomic mass is 15.3. The second kappa shape index (κ2) is 8.53. The molecule has 0 fully saturated rings. The molecule has 4 rings (SSSR count). The fourth-order valence-electron chi connectivity index (χ4n) is 3.49. The molecule has 31 heavy (non-hydrogen) atoms. The minimum Gasteiger partial charge on any atom is -0.368 e. The molecule has 8 nitrogen and oxygen atoms in total. The number of rotatable bonds is 6. The van der Waals surface area contributed by atoms with Crippen molar-refractivity contribution in [2.24, 2.45) is 0 Å². The first-order valence-electron chi connectivity index (χ1n) is 10.0. The van der Waals surface area contributed by atoms with Crippen molar-refractivity contribution < 1.29 is 0 Å². The maximum Gasteiger partial charge on any atom is 0.225 e. The number of benzene rings is 2. The van der Waals surface area contributed by atoms with E-state index in [1.54, 1.807) is 0 Å². The normalized spacial score (nSPS) is 11.2. The Balaban J connectivity index is 1.67. The van der Waals surface area contributed by atoms with Crippen LogP contribution in [-0.4, -0.2) is 36.7 Å². The highest BCUT2D eigenvalue weighted by Gasteiger charge is 2.16. The van der Waals surface area contributed by atoms with Crippen LogP contribution >= 0.6 is 0 Å². The zero-order valence-electron chi connectivity index (χ0n) is 17.9. The number of hydrogen-bond donors (Lipinski definition) is 2. The second-order valence-electron chi connectivity index (χ2n) is 7.72. The highest BCUT2D eigenvalue weighted by molar-refractivity contribution is 5.64. The van der Waals surface area contributed by atoms with Crippen LogP contribution in [0.15, 0.2) is 54.7 Å². The van der Waals surface area contributed by atoms with Gasteiger partial charge in [-0.15, -0.1) is 0 Å². The van der Waals surface area contributed by atoms with Gasteiger partial charge in [-0.1, -0.05) is 30.3 Å². The first-order valence-corrected chi connectivity index (χ1v) is 10.0. The first-order chi connectivity index (χ1) is 14.9. The number of para-hydroxylation sites is 1. The summed E-state index contributed by atoms with van der Waals surface area (Å²) in [6.45, 7) is 5.37. The number of aromatic nitrogens is 5. The van der Waals surface area contributed by atoms with Crippen molar-refractivity contribution in [1.29, 1.82) is 0 Å².